The molecule has 1 aliphatic heterocycles. The minimum Gasteiger partial charge on any atom is -0.497 e. The van der Waals surface area contributed by atoms with Crippen LogP contribution in [0.5, 0.6) is 5.75 Å². The van der Waals surface area contributed by atoms with Gasteiger partial charge in [0, 0.05) is 47.5 Å². The molecule has 0 saturated carbocycles. The molecule has 1 fully saturated rings. The Labute approximate surface area is 187 Å². The van der Waals surface area contributed by atoms with Gasteiger partial charge in [0.05, 0.1) is 19.6 Å². The number of rotatable bonds is 7. The maximum atomic E-state index is 12.4. The largest absolute Gasteiger partial charge is 0.497 e. The molecule has 1 unspecified atom stereocenters. The van der Waals surface area contributed by atoms with Crippen molar-refractivity contribution in [2.45, 2.75) is 26.3 Å². The predicted molar refractivity (Wildman–Crippen MR) is 126 cm³/mol. The molecule has 2 heterocycles. The van der Waals surface area contributed by atoms with Gasteiger partial charge in [-0.15, -0.1) is 0 Å². The number of methoxy groups -OCH3 is 1. The summed E-state index contributed by atoms with van der Waals surface area (Å²) < 4.78 is 10.5. The van der Waals surface area contributed by atoms with Crippen molar-refractivity contribution in [1.82, 2.24) is 4.98 Å². The van der Waals surface area contributed by atoms with Gasteiger partial charge in [-0.3, -0.25) is 9.59 Å². The smallest absolute Gasteiger partial charge is 0.310 e. The molecule has 0 amide bonds. The highest BCUT2D eigenvalue weighted by Gasteiger charge is 2.26. The summed E-state index contributed by atoms with van der Waals surface area (Å²) in [5.41, 5.74) is 3.35. The monoisotopic (exact) mass is 435 g/mol. The minimum atomic E-state index is -0.106. The molecule has 32 heavy (non-hydrogen) atoms. The summed E-state index contributed by atoms with van der Waals surface area (Å²) in [6, 6.07) is 15.6. The summed E-state index contributed by atoms with van der Waals surface area (Å²) in [5.74, 6) is 0.579. The van der Waals surface area contributed by atoms with Crippen LogP contribution >= 0.6 is 0 Å². The molecule has 2 aromatic carbocycles. The Balaban J connectivity index is 1.41. The van der Waals surface area contributed by atoms with E-state index in [1.54, 1.807) is 7.11 Å². The first-order valence-electron chi connectivity index (χ1n) is 11.0. The van der Waals surface area contributed by atoms with E-state index in [4.69, 9.17) is 9.47 Å². The summed E-state index contributed by atoms with van der Waals surface area (Å²) in [6.45, 7) is 4.28. The van der Waals surface area contributed by atoms with E-state index in [2.05, 4.69) is 15.2 Å². The lowest BCUT2D eigenvalue weighted by Crippen LogP contribution is -2.39. The Morgan fingerprint density at radius 1 is 1.19 bits per heavy atom. The Hall–Kier alpha value is -3.48. The van der Waals surface area contributed by atoms with Crippen LogP contribution in [0.1, 0.15) is 25.3 Å². The maximum Gasteiger partial charge on any atom is 0.310 e. The third kappa shape index (κ3) is 4.88. The quantitative estimate of drug-likeness (QED) is 0.547. The first-order chi connectivity index (χ1) is 15.6. The van der Waals surface area contributed by atoms with E-state index in [1.807, 2.05) is 55.5 Å². The van der Waals surface area contributed by atoms with Gasteiger partial charge in [-0.2, -0.15) is 0 Å². The van der Waals surface area contributed by atoms with E-state index in [1.165, 1.54) is 0 Å². The van der Waals surface area contributed by atoms with Gasteiger partial charge in [0.1, 0.15) is 5.75 Å². The Morgan fingerprint density at radius 2 is 2.00 bits per heavy atom. The Kier molecular flexibility index (Phi) is 6.63. The number of pyridine rings is 1. The number of fused-ring (bicyclic) bond motifs is 1. The average Bonchev–Trinajstić information content (AvgIpc) is 2.83. The molecular formula is C25H29N3O4. The molecule has 2 N–H and O–H groups in total. The first kappa shape index (κ1) is 21.7. The highest BCUT2D eigenvalue weighted by Crippen LogP contribution is 2.25. The first-order valence-corrected chi connectivity index (χ1v) is 11.0. The second-order valence-corrected chi connectivity index (χ2v) is 8.01. The number of aromatic nitrogens is 1. The van der Waals surface area contributed by atoms with E-state index < -0.39 is 0 Å². The summed E-state index contributed by atoms with van der Waals surface area (Å²) in [5, 5.41) is 4.25. The van der Waals surface area contributed by atoms with Crippen molar-refractivity contribution in [2.75, 3.05) is 37.0 Å². The van der Waals surface area contributed by atoms with E-state index in [-0.39, 0.29) is 17.4 Å². The van der Waals surface area contributed by atoms with E-state index in [0.29, 0.717) is 25.3 Å². The summed E-state index contributed by atoms with van der Waals surface area (Å²) in [7, 11) is 1.62. The summed E-state index contributed by atoms with van der Waals surface area (Å²) in [6.07, 6.45) is 1.85. The molecule has 1 aliphatic rings. The molecule has 3 aromatic rings. The molecule has 1 aromatic heterocycles. The number of hydrogen-bond acceptors (Lipinski definition) is 6. The van der Waals surface area contributed by atoms with Crippen LogP contribution in [-0.4, -0.2) is 37.8 Å². The highest BCUT2D eigenvalue weighted by atomic mass is 16.5. The fourth-order valence-corrected chi connectivity index (χ4v) is 4.14. The molecular weight excluding hydrogens is 406 g/mol. The topological polar surface area (TPSA) is 83.7 Å². The van der Waals surface area contributed by atoms with Crippen molar-refractivity contribution < 1.29 is 14.3 Å². The van der Waals surface area contributed by atoms with Crippen molar-refractivity contribution in [3.8, 4) is 5.75 Å². The predicted octanol–water partition coefficient (Wildman–Crippen LogP) is 3.93. The molecule has 0 spiro atoms. The summed E-state index contributed by atoms with van der Waals surface area (Å²) in [4.78, 5) is 29.7. The third-order valence-electron chi connectivity index (χ3n) is 5.89. The fraction of sp³-hybridized carbons (Fsp3) is 0.360. The molecule has 0 aliphatic carbocycles. The number of esters is 1. The van der Waals surface area contributed by atoms with Crippen LogP contribution in [0.3, 0.4) is 0 Å². The Bertz CT molecular complexity index is 1140. The number of nitrogens with one attached hydrogen (secondary N) is 2. The van der Waals surface area contributed by atoms with E-state index in [0.717, 1.165) is 47.4 Å². The normalized spacial score (nSPS) is 16.1. The van der Waals surface area contributed by atoms with Gasteiger partial charge in [-0.05, 0) is 68.3 Å². The van der Waals surface area contributed by atoms with Crippen molar-refractivity contribution in [3.05, 3.63) is 64.4 Å². The number of carbonyl (C=O) groups excluding carboxylic acids is 1. The highest BCUT2D eigenvalue weighted by molar-refractivity contribution is 5.80. The van der Waals surface area contributed by atoms with Gasteiger partial charge in [0.15, 0.2) is 0 Å². The summed E-state index contributed by atoms with van der Waals surface area (Å²) >= 11 is 0. The van der Waals surface area contributed by atoms with Crippen LogP contribution in [-0.2, 0) is 16.1 Å². The van der Waals surface area contributed by atoms with Gasteiger partial charge >= 0.3 is 5.97 Å². The number of piperidine rings is 1. The standard InChI is InChI=1S/C25H29N3O4/c1-3-32-25(30)17-5-4-12-28(16-17)21-8-6-20(7-9-21)26-15-19-13-18-14-22(31-2)10-11-23(18)27-24(19)29/h6-11,13-14,17,26H,3-5,12,15-16H2,1-2H3,(H,27,29). The lowest BCUT2D eigenvalue weighted by Gasteiger charge is -2.33. The van der Waals surface area contributed by atoms with Crippen molar-refractivity contribution in [2.24, 2.45) is 5.92 Å². The second-order valence-electron chi connectivity index (χ2n) is 8.01. The van der Waals surface area contributed by atoms with Crippen LogP contribution < -0.4 is 20.5 Å². The Morgan fingerprint density at radius 3 is 2.75 bits per heavy atom. The SMILES string of the molecule is CCOC(=O)C1CCCN(c2ccc(NCc3cc4cc(OC)ccc4[nH]c3=O)cc2)C1. The minimum absolute atomic E-state index is 0.0697. The zero-order valence-corrected chi connectivity index (χ0v) is 18.5. The molecule has 4 rings (SSSR count). The second kappa shape index (κ2) is 9.77. The third-order valence-corrected chi connectivity index (χ3v) is 5.89. The molecule has 7 heteroatoms. The number of ether oxygens (including phenoxy) is 2. The number of carbonyl (C=O) groups is 1. The van der Waals surface area contributed by atoms with E-state index in [9.17, 15) is 9.59 Å². The fourth-order valence-electron chi connectivity index (χ4n) is 4.14. The lowest BCUT2D eigenvalue weighted by atomic mass is 9.97. The number of anilines is 2. The average molecular weight is 436 g/mol. The van der Waals surface area contributed by atoms with Gasteiger partial charge < -0.3 is 24.7 Å². The van der Waals surface area contributed by atoms with Gasteiger partial charge in [-0.1, -0.05) is 0 Å². The van der Waals surface area contributed by atoms with Crippen LogP contribution in [0, 0.1) is 5.92 Å². The zero-order valence-electron chi connectivity index (χ0n) is 18.5. The van der Waals surface area contributed by atoms with Crippen LogP contribution in [0.2, 0.25) is 0 Å². The van der Waals surface area contributed by atoms with Gasteiger partial charge in [0.2, 0.25) is 0 Å². The van der Waals surface area contributed by atoms with Crippen LogP contribution in [0.25, 0.3) is 10.9 Å². The lowest BCUT2D eigenvalue weighted by molar-refractivity contribution is -0.148. The van der Waals surface area contributed by atoms with Crippen LogP contribution in [0.4, 0.5) is 11.4 Å². The molecule has 7 nitrogen and oxygen atoms in total. The molecule has 1 atom stereocenters. The van der Waals surface area contributed by atoms with Gasteiger partial charge in [-0.25, -0.2) is 0 Å². The van der Waals surface area contributed by atoms with E-state index >= 15 is 0 Å². The van der Waals surface area contributed by atoms with Gasteiger partial charge in [0.25, 0.3) is 5.56 Å². The maximum absolute atomic E-state index is 12.4. The van der Waals surface area contributed by atoms with Crippen molar-refractivity contribution in [1.29, 1.82) is 0 Å². The molecule has 168 valence electrons. The number of aromatic amines is 1. The van der Waals surface area contributed by atoms with Crippen molar-refractivity contribution >= 4 is 28.2 Å². The number of benzene rings is 2. The number of nitrogens with zero attached hydrogens (tertiary/aromatic N) is 1. The number of H-pyrrole nitrogens is 1. The number of hydrogen-bond donors (Lipinski definition) is 2. The molecule has 0 bridgehead atoms. The zero-order chi connectivity index (χ0) is 22.5. The van der Waals surface area contributed by atoms with Crippen LogP contribution in [0.15, 0.2) is 53.3 Å². The molecule has 0 radical (unpaired) electrons. The molecule has 1 saturated heterocycles. The van der Waals surface area contributed by atoms with Crippen molar-refractivity contribution in [3.63, 3.8) is 0 Å².